The average molecular weight is 521 g/mol. The van der Waals surface area contributed by atoms with Crippen molar-refractivity contribution in [3.05, 3.63) is 59.4 Å². The van der Waals surface area contributed by atoms with E-state index in [9.17, 15) is 22.4 Å². The number of fused-ring (bicyclic) bond motifs is 1. The van der Waals surface area contributed by atoms with Gasteiger partial charge in [0.05, 0.1) is 36.9 Å². The molecule has 2 saturated heterocycles. The molecule has 198 valence electrons. The Morgan fingerprint density at radius 2 is 2.00 bits per heavy atom. The fourth-order valence-corrected chi connectivity index (χ4v) is 5.02. The average Bonchev–Trinajstić information content (AvgIpc) is 3.62. The summed E-state index contributed by atoms with van der Waals surface area (Å²) in [5, 5.41) is 9.90. The minimum absolute atomic E-state index is 0.0527. The maximum atomic E-state index is 13.2. The van der Waals surface area contributed by atoms with Gasteiger partial charge in [0.1, 0.15) is 5.82 Å². The minimum Gasteiger partial charge on any atom is -0.380 e. The molecule has 2 N–H and O–H groups in total. The first-order chi connectivity index (χ1) is 17.8. The van der Waals surface area contributed by atoms with Crippen LogP contribution in [0.1, 0.15) is 24.0 Å². The zero-order valence-corrected chi connectivity index (χ0v) is 20.1. The number of rotatable bonds is 9. The van der Waals surface area contributed by atoms with E-state index in [-0.39, 0.29) is 53.8 Å². The van der Waals surface area contributed by atoms with Crippen LogP contribution >= 0.6 is 0 Å². The number of ether oxygens (including phenoxy) is 2. The Morgan fingerprint density at radius 3 is 2.73 bits per heavy atom. The van der Waals surface area contributed by atoms with Gasteiger partial charge < -0.3 is 14.8 Å². The highest BCUT2D eigenvalue weighted by Crippen LogP contribution is 2.33. The maximum Gasteiger partial charge on any atom is 0.416 e. The van der Waals surface area contributed by atoms with Gasteiger partial charge in [0, 0.05) is 43.5 Å². The van der Waals surface area contributed by atoms with Crippen molar-refractivity contribution in [2.24, 2.45) is 5.92 Å². The highest BCUT2D eigenvalue weighted by Gasteiger charge is 2.39. The van der Waals surface area contributed by atoms with Gasteiger partial charge in [-0.1, -0.05) is 12.1 Å². The Bertz CT molecular complexity index is 1220. The molecule has 1 aromatic heterocycles. The SMILES string of the molecule is O=C(CNc1n[nH]c2ccc(C(F)(F)F)cc12)CC1CN(C2CCOC2)C[C@@H]1OCc1ccc(F)cc1. The second-order valence-electron chi connectivity index (χ2n) is 9.63. The van der Waals surface area contributed by atoms with Crippen molar-refractivity contribution in [1.29, 1.82) is 0 Å². The molecular formula is C26H28F4N4O3. The molecular weight excluding hydrogens is 492 g/mol. The fourth-order valence-electron chi connectivity index (χ4n) is 5.02. The molecule has 2 unspecified atom stereocenters. The van der Waals surface area contributed by atoms with Gasteiger partial charge in [-0.3, -0.25) is 14.8 Å². The lowest BCUT2D eigenvalue weighted by atomic mass is 9.99. The number of Topliss-reactive ketones (excluding diaryl/α,β-unsaturated/α-hetero) is 1. The van der Waals surface area contributed by atoms with Gasteiger partial charge in [-0.15, -0.1) is 0 Å². The first kappa shape index (κ1) is 25.6. The Kier molecular flexibility index (Phi) is 7.45. The third kappa shape index (κ3) is 6.11. The van der Waals surface area contributed by atoms with Gasteiger partial charge in [-0.05, 0) is 42.3 Å². The van der Waals surface area contributed by atoms with Crippen molar-refractivity contribution in [1.82, 2.24) is 15.1 Å². The molecule has 2 fully saturated rings. The van der Waals surface area contributed by atoms with Crippen molar-refractivity contribution in [3.8, 4) is 0 Å². The van der Waals surface area contributed by atoms with Crippen LogP contribution in [0.3, 0.4) is 0 Å². The molecule has 37 heavy (non-hydrogen) atoms. The van der Waals surface area contributed by atoms with Crippen molar-refractivity contribution < 1.29 is 31.8 Å². The van der Waals surface area contributed by atoms with E-state index in [0.29, 0.717) is 38.4 Å². The third-order valence-electron chi connectivity index (χ3n) is 7.04. The number of carbonyl (C=O) groups excluding carboxylic acids is 1. The smallest absolute Gasteiger partial charge is 0.380 e. The molecule has 0 aliphatic carbocycles. The molecule has 2 aliphatic heterocycles. The van der Waals surface area contributed by atoms with E-state index in [1.807, 2.05) is 0 Å². The summed E-state index contributed by atoms with van der Waals surface area (Å²) in [6, 6.07) is 9.74. The minimum atomic E-state index is -4.47. The number of nitrogens with zero attached hydrogens (tertiary/aromatic N) is 2. The second-order valence-corrected chi connectivity index (χ2v) is 9.63. The number of hydrogen-bond acceptors (Lipinski definition) is 6. The summed E-state index contributed by atoms with van der Waals surface area (Å²) < 4.78 is 64.3. The van der Waals surface area contributed by atoms with Gasteiger partial charge >= 0.3 is 6.18 Å². The number of anilines is 1. The van der Waals surface area contributed by atoms with Gasteiger partial charge in [-0.25, -0.2) is 4.39 Å². The number of nitrogens with one attached hydrogen (secondary N) is 2. The van der Waals surface area contributed by atoms with Crippen LogP contribution in [0, 0.1) is 11.7 Å². The zero-order valence-electron chi connectivity index (χ0n) is 20.1. The van der Waals surface area contributed by atoms with Gasteiger partial charge in [0.25, 0.3) is 0 Å². The van der Waals surface area contributed by atoms with Crippen LogP contribution in [0.5, 0.6) is 0 Å². The van der Waals surface area contributed by atoms with Crippen LogP contribution in [-0.4, -0.2) is 65.9 Å². The van der Waals surface area contributed by atoms with Crippen molar-refractivity contribution in [3.63, 3.8) is 0 Å². The fraction of sp³-hybridized carbons (Fsp3) is 0.462. The lowest BCUT2D eigenvalue weighted by Crippen LogP contribution is -2.34. The molecule has 0 amide bonds. The van der Waals surface area contributed by atoms with Crippen LogP contribution in [0.2, 0.25) is 0 Å². The van der Waals surface area contributed by atoms with Crippen LogP contribution in [-0.2, 0) is 27.1 Å². The molecule has 3 aromatic rings. The predicted molar refractivity (Wildman–Crippen MR) is 128 cm³/mol. The quantitative estimate of drug-likeness (QED) is 0.408. The summed E-state index contributed by atoms with van der Waals surface area (Å²) in [4.78, 5) is 15.2. The molecule has 3 heterocycles. The highest BCUT2D eigenvalue weighted by atomic mass is 19.4. The summed E-state index contributed by atoms with van der Waals surface area (Å²) in [6.45, 7) is 2.97. The van der Waals surface area contributed by atoms with Crippen molar-refractivity contribution in [2.75, 3.05) is 38.2 Å². The number of carbonyl (C=O) groups is 1. The zero-order chi connectivity index (χ0) is 26.0. The number of hydrogen-bond donors (Lipinski definition) is 2. The van der Waals surface area contributed by atoms with Crippen LogP contribution in [0.25, 0.3) is 10.9 Å². The number of aromatic amines is 1. The first-order valence-electron chi connectivity index (χ1n) is 12.2. The van der Waals surface area contributed by atoms with Crippen LogP contribution < -0.4 is 5.32 Å². The Morgan fingerprint density at radius 1 is 1.19 bits per heavy atom. The van der Waals surface area contributed by atoms with Crippen molar-refractivity contribution >= 4 is 22.5 Å². The second kappa shape index (κ2) is 10.8. The summed E-state index contributed by atoms with van der Waals surface area (Å²) in [5.74, 6) is -0.252. The third-order valence-corrected chi connectivity index (χ3v) is 7.04. The van der Waals surface area contributed by atoms with Crippen LogP contribution in [0.4, 0.5) is 23.4 Å². The van der Waals surface area contributed by atoms with Gasteiger partial charge in [0.15, 0.2) is 11.6 Å². The molecule has 0 radical (unpaired) electrons. The molecule has 0 spiro atoms. The Balaban J connectivity index is 1.22. The summed E-state index contributed by atoms with van der Waals surface area (Å²) >= 11 is 0. The first-order valence-corrected chi connectivity index (χ1v) is 12.2. The van der Waals surface area contributed by atoms with E-state index in [4.69, 9.17) is 9.47 Å². The molecule has 2 aromatic carbocycles. The summed E-state index contributed by atoms with van der Waals surface area (Å²) in [5.41, 5.74) is 0.515. The van der Waals surface area contributed by atoms with E-state index in [2.05, 4.69) is 20.4 Å². The van der Waals surface area contributed by atoms with E-state index in [0.717, 1.165) is 24.1 Å². The van der Waals surface area contributed by atoms with Crippen LogP contribution in [0.15, 0.2) is 42.5 Å². The summed E-state index contributed by atoms with van der Waals surface area (Å²) in [7, 11) is 0. The Hall–Kier alpha value is -3.02. The predicted octanol–water partition coefficient (Wildman–Crippen LogP) is 4.40. The maximum absolute atomic E-state index is 13.2. The topological polar surface area (TPSA) is 79.5 Å². The number of H-pyrrole nitrogens is 1. The number of benzene rings is 2. The molecule has 0 bridgehead atoms. The molecule has 5 rings (SSSR count). The van der Waals surface area contributed by atoms with E-state index >= 15 is 0 Å². The largest absolute Gasteiger partial charge is 0.416 e. The lowest BCUT2D eigenvalue weighted by Gasteiger charge is -2.22. The van der Waals surface area contributed by atoms with E-state index in [1.54, 1.807) is 12.1 Å². The lowest BCUT2D eigenvalue weighted by molar-refractivity contribution is -0.137. The molecule has 0 saturated carbocycles. The monoisotopic (exact) mass is 520 g/mol. The number of likely N-dealkylation sites (tertiary alicyclic amines) is 1. The number of halogens is 4. The standard InChI is InChI=1S/C26H28F4N4O3/c27-19-4-1-16(2-5-19)14-37-24-13-34(20-7-8-36-15-20)12-17(24)9-21(35)11-31-25-22-10-18(26(28,29)30)3-6-23(22)32-33-25/h1-6,10,17,20,24H,7-9,11-15H2,(H2,31,32,33)/t17?,20?,24-/m0/s1. The molecule has 2 aliphatic rings. The number of alkyl halides is 3. The highest BCUT2D eigenvalue weighted by molar-refractivity contribution is 5.92. The molecule has 11 heteroatoms. The number of aromatic nitrogens is 2. The van der Waals surface area contributed by atoms with Crippen molar-refractivity contribution in [2.45, 2.75) is 37.8 Å². The number of ketones is 1. The Labute approximate surface area is 211 Å². The van der Waals surface area contributed by atoms with E-state index < -0.39 is 11.7 Å². The summed E-state index contributed by atoms with van der Waals surface area (Å²) in [6.07, 6.45) is -3.48. The van der Waals surface area contributed by atoms with E-state index in [1.165, 1.54) is 18.2 Å². The van der Waals surface area contributed by atoms with Gasteiger partial charge in [0.2, 0.25) is 0 Å². The molecule has 7 nitrogen and oxygen atoms in total. The molecule has 3 atom stereocenters. The normalized spacial score (nSPS) is 22.6. The van der Waals surface area contributed by atoms with Gasteiger partial charge in [-0.2, -0.15) is 18.3 Å².